The third-order valence-corrected chi connectivity index (χ3v) is 6.67. The van der Waals surface area contributed by atoms with E-state index in [0.717, 1.165) is 33.6 Å². The molecule has 0 saturated carbocycles. The summed E-state index contributed by atoms with van der Waals surface area (Å²) in [5, 5.41) is 1.17. The van der Waals surface area contributed by atoms with Gasteiger partial charge in [-0.25, -0.2) is 8.42 Å². The maximum atomic E-state index is 12.7. The molecular formula is C28H23NO4S. The summed E-state index contributed by atoms with van der Waals surface area (Å²) in [6.45, 7) is 0. The van der Waals surface area contributed by atoms with E-state index >= 15 is 0 Å². The van der Waals surface area contributed by atoms with Crippen molar-refractivity contribution < 1.29 is 17.9 Å². The van der Waals surface area contributed by atoms with Gasteiger partial charge in [0.15, 0.2) is 0 Å². The molecule has 0 radical (unpaired) electrons. The zero-order valence-electron chi connectivity index (χ0n) is 18.5. The van der Waals surface area contributed by atoms with Gasteiger partial charge in [-0.2, -0.15) is 0 Å². The molecule has 34 heavy (non-hydrogen) atoms. The number of fused-ring (bicyclic) bond motifs is 3. The molecule has 0 saturated heterocycles. The minimum absolute atomic E-state index is 0.389. The second kappa shape index (κ2) is 9.08. The summed E-state index contributed by atoms with van der Waals surface area (Å²) in [7, 11) is -2.09. The second-order valence-electron chi connectivity index (χ2n) is 7.90. The Labute approximate surface area is 199 Å². The summed E-state index contributed by atoms with van der Waals surface area (Å²) in [6, 6.07) is 30.4. The normalized spacial score (nSPS) is 14.7. The molecule has 1 atom stereocenters. The maximum Gasteiger partial charge on any atom is 0.255 e. The Morgan fingerprint density at radius 3 is 2.35 bits per heavy atom. The van der Waals surface area contributed by atoms with E-state index in [1.54, 1.807) is 19.3 Å². The maximum absolute atomic E-state index is 12.7. The van der Waals surface area contributed by atoms with Gasteiger partial charge in [0.05, 0.1) is 18.1 Å². The van der Waals surface area contributed by atoms with Gasteiger partial charge in [0.2, 0.25) is 0 Å². The molecule has 0 aromatic heterocycles. The quantitative estimate of drug-likeness (QED) is 0.362. The summed E-state index contributed by atoms with van der Waals surface area (Å²) >= 11 is 0. The van der Waals surface area contributed by atoms with Gasteiger partial charge in [-0.1, -0.05) is 72.8 Å². The fourth-order valence-electron chi connectivity index (χ4n) is 4.11. The molecule has 0 aliphatic carbocycles. The monoisotopic (exact) mass is 469 g/mol. The highest BCUT2D eigenvalue weighted by Gasteiger charge is 2.30. The Morgan fingerprint density at radius 2 is 1.62 bits per heavy atom. The van der Waals surface area contributed by atoms with Crippen molar-refractivity contribution in [1.29, 1.82) is 0 Å². The summed E-state index contributed by atoms with van der Waals surface area (Å²) in [5.41, 5.74) is 4.89. The standard InChI is InChI=1S/C28H23NO4S/c1-32-25-13-8-14-26-27(25)23-16-15-22(19-24(23)28(33-26)21-11-6-3-7-12-21)29-34(30,31)18-17-20-9-4-2-5-10-20/h2-19,28-29H,1H3. The van der Waals surface area contributed by atoms with E-state index < -0.39 is 10.0 Å². The van der Waals surface area contributed by atoms with Crippen molar-refractivity contribution >= 4 is 21.8 Å². The van der Waals surface area contributed by atoms with Crippen molar-refractivity contribution in [2.75, 3.05) is 11.8 Å². The largest absolute Gasteiger partial charge is 0.496 e. The van der Waals surface area contributed by atoms with Crippen LogP contribution in [0.15, 0.2) is 102 Å². The molecule has 5 rings (SSSR count). The lowest BCUT2D eigenvalue weighted by molar-refractivity contribution is 0.242. The number of methoxy groups -OCH3 is 1. The lowest BCUT2D eigenvalue weighted by atomic mass is 9.89. The SMILES string of the molecule is COc1cccc2c1-c1ccc(NS(=O)(=O)C=Cc3ccccc3)cc1C(c1ccccc1)O2. The van der Waals surface area contributed by atoms with Crippen LogP contribution in [0.2, 0.25) is 0 Å². The van der Waals surface area contributed by atoms with E-state index in [1.165, 1.54) is 5.41 Å². The van der Waals surface area contributed by atoms with Gasteiger partial charge in [0, 0.05) is 11.3 Å². The van der Waals surface area contributed by atoms with E-state index in [1.807, 2.05) is 91.0 Å². The van der Waals surface area contributed by atoms with Crippen LogP contribution in [-0.4, -0.2) is 15.5 Å². The highest BCUT2D eigenvalue weighted by Crippen LogP contribution is 2.49. The van der Waals surface area contributed by atoms with Gasteiger partial charge in [0.25, 0.3) is 10.0 Å². The third kappa shape index (κ3) is 4.40. The lowest BCUT2D eigenvalue weighted by Gasteiger charge is -2.30. The highest BCUT2D eigenvalue weighted by atomic mass is 32.2. The number of sulfonamides is 1. The minimum atomic E-state index is -3.71. The first-order valence-electron chi connectivity index (χ1n) is 10.8. The van der Waals surface area contributed by atoms with Crippen LogP contribution in [0.5, 0.6) is 11.5 Å². The molecule has 1 heterocycles. The molecule has 170 valence electrons. The summed E-state index contributed by atoms with van der Waals surface area (Å²) in [4.78, 5) is 0. The zero-order valence-corrected chi connectivity index (χ0v) is 19.3. The van der Waals surface area contributed by atoms with E-state index in [4.69, 9.17) is 9.47 Å². The van der Waals surface area contributed by atoms with E-state index in [0.29, 0.717) is 11.4 Å². The zero-order chi connectivity index (χ0) is 23.5. The Kier molecular flexibility index (Phi) is 5.82. The van der Waals surface area contributed by atoms with Crippen molar-refractivity contribution in [2.45, 2.75) is 6.10 Å². The van der Waals surface area contributed by atoms with Gasteiger partial charge in [-0.15, -0.1) is 0 Å². The first-order chi connectivity index (χ1) is 16.5. The van der Waals surface area contributed by atoms with Crippen LogP contribution in [0.1, 0.15) is 22.8 Å². The molecule has 0 fully saturated rings. The lowest BCUT2D eigenvalue weighted by Crippen LogP contribution is -2.17. The van der Waals surface area contributed by atoms with E-state index in [9.17, 15) is 8.42 Å². The molecule has 0 bridgehead atoms. The smallest absolute Gasteiger partial charge is 0.255 e. The molecule has 4 aromatic carbocycles. The molecule has 6 heteroatoms. The first-order valence-corrected chi connectivity index (χ1v) is 12.4. The van der Waals surface area contributed by atoms with Crippen LogP contribution in [0, 0.1) is 0 Å². The molecule has 1 aliphatic rings. The number of nitrogens with one attached hydrogen (secondary N) is 1. The fourth-order valence-corrected chi connectivity index (χ4v) is 4.97. The van der Waals surface area contributed by atoms with Crippen LogP contribution in [0.4, 0.5) is 5.69 Å². The number of rotatable bonds is 6. The number of anilines is 1. The highest BCUT2D eigenvalue weighted by molar-refractivity contribution is 7.95. The molecule has 1 N–H and O–H groups in total. The molecule has 1 unspecified atom stereocenters. The van der Waals surface area contributed by atoms with Crippen LogP contribution < -0.4 is 14.2 Å². The summed E-state index contributed by atoms with van der Waals surface area (Å²) in [6.07, 6.45) is 1.18. The number of benzene rings is 4. The molecule has 4 aromatic rings. The van der Waals surface area contributed by atoms with Gasteiger partial charge in [-0.05, 0) is 47.0 Å². The average Bonchev–Trinajstić information content (AvgIpc) is 2.87. The van der Waals surface area contributed by atoms with Crippen LogP contribution in [0.25, 0.3) is 17.2 Å². The molecule has 1 aliphatic heterocycles. The van der Waals surface area contributed by atoms with Crippen molar-refractivity contribution in [1.82, 2.24) is 0 Å². The van der Waals surface area contributed by atoms with Crippen LogP contribution in [-0.2, 0) is 10.0 Å². The fraction of sp³-hybridized carbons (Fsp3) is 0.0714. The predicted molar refractivity (Wildman–Crippen MR) is 135 cm³/mol. The van der Waals surface area contributed by atoms with Crippen molar-refractivity contribution in [3.05, 3.63) is 119 Å². The Balaban J connectivity index is 1.55. The van der Waals surface area contributed by atoms with Crippen LogP contribution in [0.3, 0.4) is 0 Å². The Hall–Kier alpha value is -4.03. The van der Waals surface area contributed by atoms with E-state index in [2.05, 4.69) is 4.72 Å². The van der Waals surface area contributed by atoms with Crippen molar-refractivity contribution in [3.63, 3.8) is 0 Å². The second-order valence-corrected chi connectivity index (χ2v) is 9.47. The Bertz CT molecular complexity index is 1450. The van der Waals surface area contributed by atoms with Gasteiger partial charge < -0.3 is 9.47 Å². The van der Waals surface area contributed by atoms with Gasteiger partial charge in [0.1, 0.15) is 17.6 Å². The number of ether oxygens (including phenoxy) is 2. The number of hydrogen-bond donors (Lipinski definition) is 1. The molecule has 0 amide bonds. The first kappa shape index (κ1) is 21.8. The Morgan fingerprint density at radius 1 is 0.882 bits per heavy atom. The average molecular weight is 470 g/mol. The van der Waals surface area contributed by atoms with Gasteiger partial charge in [-0.3, -0.25) is 4.72 Å². The molecule has 0 spiro atoms. The van der Waals surface area contributed by atoms with E-state index in [-0.39, 0.29) is 6.10 Å². The van der Waals surface area contributed by atoms with Crippen LogP contribution >= 0.6 is 0 Å². The molecule has 5 nitrogen and oxygen atoms in total. The summed E-state index contributed by atoms with van der Waals surface area (Å²) < 4.78 is 40.1. The topological polar surface area (TPSA) is 64.6 Å². The van der Waals surface area contributed by atoms with Crippen molar-refractivity contribution in [2.24, 2.45) is 0 Å². The third-order valence-electron chi connectivity index (χ3n) is 5.66. The number of hydrogen-bond acceptors (Lipinski definition) is 4. The predicted octanol–water partition coefficient (Wildman–Crippen LogP) is 6.26. The molecular weight excluding hydrogens is 446 g/mol. The minimum Gasteiger partial charge on any atom is -0.496 e. The van der Waals surface area contributed by atoms with Crippen molar-refractivity contribution in [3.8, 4) is 22.6 Å². The summed E-state index contributed by atoms with van der Waals surface area (Å²) in [5.74, 6) is 1.42. The van der Waals surface area contributed by atoms with Gasteiger partial charge >= 0.3 is 0 Å².